The van der Waals surface area contributed by atoms with E-state index >= 15 is 0 Å². The molecule has 0 aliphatic heterocycles. The van der Waals surface area contributed by atoms with E-state index in [1.165, 1.54) is 340 Å². The highest BCUT2D eigenvalue weighted by molar-refractivity contribution is 5.76. The van der Waals surface area contributed by atoms with Crippen LogP contribution in [-0.2, 0) is 14.3 Å². The van der Waals surface area contributed by atoms with E-state index in [-0.39, 0.29) is 18.5 Å². The molecule has 0 aromatic heterocycles. The number of amides is 1. The fourth-order valence-corrected chi connectivity index (χ4v) is 11.6. The summed E-state index contributed by atoms with van der Waals surface area (Å²) in [5.74, 6) is -0.00702. The van der Waals surface area contributed by atoms with Gasteiger partial charge in [0.25, 0.3) is 0 Å². The maximum Gasteiger partial charge on any atom is 0.305 e. The van der Waals surface area contributed by atoms with Gasteiger partial charge < -0.3 is 20.3 Å². The maximum atomic E-state index is 12.5. The summed E-state index contributed by atoms with van der Waals surface area (Å²) in [5, 5.41) is 23.3. The fraction of sp³-hybridized carbons (Fsp3) is 0.944. The van der Waals surface area contributed by atoms with Gasteiger partial charge in [-0.25, -0.2) is 0 Å². The van der Waals surface area contributed by atoms with E-state index in [4.69, 9.17) is 4.74 Å². The Bertz CT molecular complexity index is 1180. The minimum absolute atomic E-state index is 0.0218. The molecular weight excluding hydrogens is 959 g/mol. The number of unbranched alkanes of at least 4 members (excludes halogenated alkanes) is 55. The minimum Gasteiger partial charge on any atom is -0.466 e. The van der Waals surface area contributed by atoms with Crippen LogP contribution in [0.15, 0.2) is 12.2 Å². The SMILES string of the molecule is CCCCCCCCCCCCCCCCC(=O)OCCCCCCCCCCCCCC/C=C\CCCCCCCCCCCCCCCCCCCC(=O)NC(CO)C(O)CCCCCCCCCCCCCCCC. The Balaban J connectivity index is 3.33. The summed E-state index contributed by atoms with van der Waals surface area (Å²) in [6.07, 6.45) is 84.2. The number of hydrogen-bond acceptors (Lipinski definition) is 5. The van der Waals surface area contributed by atoms with E-state index in [0.29, 0.717) is 25.9 Å². The lowest BCUT2D eigenvalue weighted by Gasteiger charge is -2.22. The number of aliphatic hydroxyl groups excluding tert-OH is 2. The van der Waals surface area contributed by atoms with E-state index in [1.807, 2.05) is 0 Å². The van der Waals surface area contributed by atoms with Gasteiger partial charge in [-0.05, 0) is 51.4 Å². The van der Waals surface area contributed by atoms with Gasteiger partial charge in [-0.1, -0.05) is 360 Å². The zero-order valence-corrected chi connectivity index (χ0v) is 53.2. The van der Waals surface area contributed by atoms with Crippen LogP contribution in [0.5, 0.6) is 0 Å². The zero-order chi connectivity index (χ0) is 56.4. The lowest BCUT2D eigenvalue weighted by atomic mass is 10.0. The third-order valence-corrected chi connectivity index (χ3v) is 17.1. The Morgan fingerprint density at radius 2 is 0.603 bits per heavy atom. The minimum atomic E-state index is -0.661. The average molecular weight is 1100 g/mol. The molecule has 78 heavy (non-hydrogen) atoms. The van der Waals surface area contributed by atoms with Gasteiger partial charge in [0, 0.05) is 12.8 Å². The summed E-state index contributed by atoms with van der Waals surface area (Å²) >= 11 is 0. The quantitative estimate of drug-likeness (QED) is 0.0320. The van der Waals surface area contributed by atoms with Crippen LogP contribution < -0.4 is 5.32 Å². The Kier molecular flexibility index (Phi) is 66.9. The first-order chi connectivity index (χ1) is 38.5. The summed E-state index contributed by atoms with van der Waals surface area (Å²) < 4.78 is 5.50. The molecule has 0 aromatic rings. The molecule has 6 heteroatoms. The molecule has 0 aliphatic rings. The molecule has 6 nitrogen and oxygen atoms in total. The van der Waals surface area contributed by atoms with E-state index in [1.54, 1.807) is 0 Å². The number of allylic oxidation sites excluding steroid dienone is 2. The molecule has 0 fully saturated rings. The number of carbonyl (C=O) groups is 2. The van der Waals surface area contributed by atoms with Crippen molar-refractivity contribution < 1.29 is 24.5 Å². The first-order valence-electron chi connectivity index (χ1n) is 35.9. The van der Waals surface area contributed by atoms with Gasteiger partial charge in [0.15, 0.2) is 0 Å². The van der Waals surface area contributed by atoms with Crippen molar-refractivity contribution in [2.45, 2.75) is 424 Å². The fourth-order valence-electron chi connectivity index (χ4n) is 11.6. The van der Waals surface area contributed by atoms with Gasteiger partial charge >= 0.3 is 5.97 Å². The molecule has 1 amide bonds. The first-order valence-corrected chi connectivity index (χ1v) is 35.9. The third kappa shape index (κ3) is 63.8. The molecule has 0 spiro atoms. The van der Waals surface area contributed by atoms with Crippen LogP contribution in [-0.4, -0.2) is 47.4 Å². The second-order valence-electron chi connectivity index (χ2n) is 24.9. The van der Waals surface area contributed by atoms with Crippen molar-refractivity contribution in [2.75, 3.05) is 13.2 Å². The highest BCUT2D eigenvalue weighted by Gasteiger charge is 2.20. The van der Waals surface area contributed by atoms with E-state index in [2.05, 4.69) is 31.3 Å². The van der Waals surface area contributed by atoms with Crippen molar-refractivity contribution in [3.63, 3.8) is 0 Å². The van der Waals surface area contributed by atoms with Crippen molar-refractivity contribution in [3.8, 4) is 0 Å². The van der Waals surface area contributed by atoms with Crippen molar-refractivity contribution in [1.29, 1.82) is 0 Å². The molecule has 0 heterocycles. The summed E-state index contributed by atoms with van der Waals surface area (Å²) in [4.78, 5) is 24.6. The number of esters is 1. The molecule has 0 aliphatic carbocycles. The Morgan fingerprint density at radius 3 is 0.910 bits per heavy atom. The summed E-state index contributed by atoms with van der Waals surface area (Å²) in [7, 11) is 0. The number of ether oxygens (including phenoxy) is 1. The number of hydrogen-bond donors (Lipinski definition) is 3. The van der Waals surface area contributed by atoms with Crippen molar-refractivity contribution in [1.82, 2.24) is 5.32 Å². The van der Waals surface area contributed by atoms with E-state index in [9.17, 15) is 19.8 Å². The average Bonchev–Trinajstić information content (AvgIpc) is 3.44. The highest BCUT2D eigenvalue weighted by Crippen LogP contribution is 2.19. The summed E-state index contributed by atoms with van der Waals surface area (Å²) in [5.41, 5.74) is 0. The molecule has 2 atom stereocenters. The van der Waals surface area contributed by atoms with Crippen molar-refractivity contribution in [3.05, 3.63) is 12.2 Å². The topological polar surface area (TPSA) is 95.9 Å². The predicted molar refractivity (Wildman–Crippen MR) is 343 cm³/mol. The molecule has 0 rings (SSSR count). The van der Waals surface area contributed by atoms with Crippen LogP contribution in [0.2, 0.25) is 0 Å². The molecule has 464 valence electrons. The van der Waals surface area contributed by atoms with Crippen molar-refractivity contribution in [2.24, 2.45) is 0 Å². The van der Waals surface area contributed by atoms with E-state index in [0.717, 1.165) is 38.5 Å². The van der Waals surface area contributed by atoms with Gasteiger partial charge in [-0.2, -0.15) is 0 Å². The molecular formula is C72H141NO5. The number of nitrogens with one attached hydrogen (secondary N) is 1. The van der Waals surface area contributed by atoms with Crippen molar-refractivity contribution >= 4 is 11.9 Å². The van der Waals surface area contributed by atoms with Crippen LogP contribution >= 0.6 is 0 Å². The molecule has 0 radical (unpaired) electrons. The van der Waals surface area contributed by atoms with Crippen LogP contribution in [0.4, 0.5) is 0 Å². The molecule has 0 bridgehead atoms. The molecule has 3 N–H and O–H groups in total. The Hall–Kier alpha value is -1.40. The molecule has 0 aromatic carbocycles. The third-order valence-electron chi connectivity index (χ3n) is 17.1. The standard InChI is InChI=1S/C72H141NO5/c1-3-5-7-9-11-13-15-17-40-44-48-52-56-60-64-70(75)69(68-74)73-71(76)65-61-57-53-49-45-41-38-36-34-32-30-28-26-24-22-20-19-21-23-25-27-29-31-33-35-37-39-43-47-51-55-59-63-67-78-72(77)66-62-58-54-50-46-42-18-16-14-12-10-8-6-4-2/h23,25,69-70,74-75H,3-22,24,26-68H2,1-2H3,(H,73,76)/b25-23-. The lowest BCUT2D eigenvalue weighted by Crippen LogP contribution is -2.45. The Labute approximate surface area is 489 Å². The summed E-state index contributed by atoms with van der Waals surface area (Å²) in [6, 6.07) is -0.538. The van der Waals surface area contributed by atoms with Crippen LogP contribution in [0.25, 0.3) is 0 Å². The molecule has 0 saturated carbocycles. The number of aliphatic hydroxyl groups is 2. The zero-order valence-electron chi connectivity index (χ0n) is 53.2. The lowest BCUT2D eigenvalue weighted by molar-refractivity contribution is -0.143. The second kappa shape index (κ2) is 68.1. The van der Waals surface area contributed by atoms with Gasteiger partial charge in [-0.3, -0.25) is 9.59 Å². The normalized spacial score (nSPS) is 12.5. The highest BCUT2D eigenvalue weighted by atomic mass is 16.5. The maximum absolute atomic E-state index is 12.5. The largest absolute Gasteiger partial charge is 0.466 e. The van der Waals surface area contributed by atoms with Crippen LogP contribution in [0.1, 0.15) is 412 Å². The van der Waals surface area contributed by atoms with Gasteiger partial charge in [0.2, 0.25) is 5.91 Å². The molecule has 2 unspecified atom stereocenters. The van der Waals surface area contributed by atoms with Crippen LogP contribution in [0, 0.1) is 0 Å². The predicted octanol–water partition coefficient (Wildman–Crippen LogP) is 23.1. The number of carbonyl (C=O) groups excluding carboxylic acids is 2. The van der Waals surface area contributed by atoms with Gasteiger partial charge in [0.1, 0.15) is 0 Å². The molecule has 0 saturated heterocycles. The van der Waals surface area contributed by atoms with Gasteiger partial charge in [0.05, 0.1) is 25.4 Å². The number of rotatable bonds is 68. The van der Waals surface area contributed by atoms with Gasteiger partial charge in [-0.15, -0.1) is 0 Å². The van der Waals surface area contributed by atoms with Crippen LogP contribution in [0.3, 0.4) is 0 Å². The Morgan fingerprint density at radius 1 is 0.346 bits per heavy atom. The first kappa shape index (κ1) is 76.6. The monoisotopic (exact) mass is 1100 g/mol. The smallest absolute Gasteiger partial charge is 0.305 e. The van der Waals surface area contributed by atoms with E-state index < -0.39 is 12.1 Å². The second-order valence-corrected chi connectivity index (χ2v) is 24.9. The summed E-state index contributed by atoms with van der Waals surface area (Å²) in [6.45, 7) is 4.99.